The minimum absolute atomic E-state index is 0.165. The molecule has 5 heteroatoms. The van der Waals surface area contributed by atoms with Crippen molar-refractivity contribution < 1.29 is 5.11 Å². The van der Waals surface area contributed by atoms with Gasteiger partial charge in [0, 0.05) is 37.7 Å². The Balaban J connectivity index is 1.99. The number of aromatic hydroxyl groups is 1. The fraction of sp³-hybridized carbons (Fsp3) is 0.571. The monoisotopic (exact) mass is 264 g/mol. The van der Waals surface area contributed by atoms with Crippen LogP contribution in [0.1, 0.15) is 11.6 Å². The van der Waals surface area contributed by atoms with Crippen molar-refractivity contribution >= 4 is 0 Å². The number of hydrazine groups is 1. The van der Waals surface area contributed by atoms with E-state index in [0.717, 1.165) is 31.7 Å². The van der Waals surface area contributed by atoms with Gasteiger partial charge in [0.2, 0.25) is 0 Å². The minimum atomic E-state index is 0.165. The SMILES string of the molecule is CNCCN(C)CC1CNNC1c1ccccc1O. The van der Waals surface area contributed by atoms with E-state index in [1.807, 2.05) is 25.2 Å². The molecule has 4 N–H and O–H groups in total. The highest BCUT2D eigenvalue weighted by atomic mass is 16.3. The molecule has 1 aliphatic heterocycles. The van der Waals surface area contributed by atoms with Crippen LogP contribution in [0.25, 0.3) is 0 Å². The molecular formula is C14H24N4O. The molecule has 106 valence electrons. The quantitative estimate of drug-likeness (QED) is 0.596. The summed E-state index contributed by atoms with van der Waals surface area (Å²) < 4.78 is 0. The van der Waals surface area contributed by atoms with Crippen LogP contribution in [0.2, 0.25) is 0 Å². The van der Waals surface area contributed by atoms with Gasteiger partial charge in [-0.25, -0.2) is 5.43 Å². The molecule has 0 spiro atoms. The third-order valence-corrected chi connectivity index (χ3v) is 3.65. The van der Waals surface area contributed by atoms with E-state index in [1.165, 1.54) is 0 Å². The second-order valence-electron chi connectivity index (χ2n) is 5.19. The number of benzene rings is 1. The van der Waals surface area contributed by atoms with Gasteiger partial charge in [0.15, 0.2) is 0 Å². The molecule has 2 atom stereocenters. The van der Waals surface area contributed by atoms with Gasteiger partial charge in [-0.15, -0.1) is 0 Å². The summed E-state index contributed by atoms with van der Waals surface area (Å²) in [6.07, 6.45) is 0. The van der Waals surface area contributed by atoms with E-state index in [9.17, 15) is 5.11 Å². The Morgan fingerprint density at radius 2 is 2.21 bits per heavy atom. The van der Waals surface area contributed by atoms with Gasteiger partial charge in [0.05, 0.1) is 6.04 Å². The van der Waals surface area contributed by atoms with Crippen LogP contribution in [0.15, 0.2) is 24.3 Å². The lowest BCUT2D eigenvalue weighted by Crippen LogP contribution is -2.34. The van der Waals surface area contributed by atoms with Gasteiger partial charge in [-0.05, 0) is 20.2 Å². The molecule has 1 heterocycles. The summed E-state index contributed by atoms with van der Waals surface area (Å²) in [4.78, 5) is 2.32. The Morgan fingerprint density at radius 1 is 1.42 bits per heavy atom. The van der Waals surface area contributed by atoms with Crippen molar-refractivity contribution in [3.05, 3.63) is 29.8 Å². The van der Waals surface area contributed by atoms with Crippen molar-refractivity contribution in [3.63, 3.8) is 0 Å². The van der Waals surface area contributed by atoms with Crippen LogP contribution < -0.4 is 16.2 Å². The van der Waals surface area contributed by atoms with Gasteiger partial charge in [-0.1, -0.05) is 18.2 Å². The lowest BCUT2D eigenvalue weighted by atomic mass is 9.94. The number of hydrogen-bond donors (Lipinski definition) is 4. The first-order valence-electron chi connectivity index (χ1n) is 6.81. The van der Waals surface area contributed by atoms with Crippen LogP contribution in [0.5, 0.6) is 5.75 Å². The third-order valence-electron chi connectivity index (χ3n) is 3.65. The maximum atomic E-state index is 9.97. The average molecular weight is 264 g/mol. The van der Waals surface area contributed by atoms with Crippen LogP contribution >= 0.6 is 0 Å². The topological polar surface area (TPSA) is 59.6 Å². The summed E-state index contributed by atoms with van der Waals surface area (Å²) >= 11 is 0. The van der Waals surface area contributed by atoms with E-state index >= 15 is 0 Å². The lowest BCUT2D eigenvalue weighted by molar-refractivity contribution is 0.269. The normalized spacial score (nSPS) is 23.1. The maximum absolute atomic E-state index is 9.97. The number of phenolic OH excluding ortho intramolecular Hbond substituents is 1. The molecule has 0 amide bonds. The van der Waals surface area contributed by atoms with Crippen LogP contribution in [0.4, 0.5) is 0 Å². The molecule has 1 aliphatic rings. The molecule has 0 saturated carbocycles. The predicted octanol–water partition coefficient (Wildman–Crippen LogP) is 0.309. The zero-order chi connectivity index (χ0) is 13.7. The summed E-state index contributed by atoms with van der Waals surface area (Å²) in [5.74, 6) is 0.821. The molecular weight excluding hydrogens is 240 g/mol. The number of nitrogens with one attached hydrogen (secondary N) is 3. The second kappa shape index (κ2) is 6.86. The number of phenols is 1. The number of rotatable bonds is 6. The van der Waals surface area contributed by atoms with Crippen molar-refractivity contribution in [2.45, 2.75) is 6.04 Å². The third kappa shape index (κ3) is 3.67. The van der Waals surface area contributed by atoms with Crippen molar-refractivity contribution in [2.75, 3.05) is 40.3 Å². The molecule has 0 radical (unpaired) electrons. The van der Waals surface area contributed by atoms with E-state index in [-0.39, 0.29) is 6.04 Å². The highest BCUT2D eigenvalue weighted by molar-refractivity contribution is 5.35. The Hall–Kier alpha value is -1.14. The smallest absolute Gasteiger partial charge is 0.120 e. The second-order valence-corrected chi connectivity index (χ2v) is 5.19. The molecule has 1 aromatic carbocycles. The standard InChI is InChI=1S/C14H24N4O/c1-15-7-8-18(2)10-11-9-16-17-14(11)12-5-3-4-6-13(12)19/h3-6,11,14-17,19H,7-10H2,1-2H3. The van der Waals surface area contributed by atoms with E-state index in [4.69, 9.17) is 0 Å². The van der Waals surface area contributed by atoms with Gasteiger partial charge in [0.1, 0.15) is 5.75 Å². The summed E-state index contributed by atoms with van der Waals surface area (Å²) in [6, 6.07) is 7.72. The van der Waals surface area contributed by atoms with Gasteiger partial charge in [0.25, 0.3) is 0 Å². The summed E-state index contributed by atoms with van der Waals surface area (Å²) in [7, 11) is 4.11. The van der Waals surface area contributed by atoms with Crippen LogP contribution in [-0.2, 0) is 0 Å². The molecule has 0 aromatic heterocycles. The molecule has 1 saturated heterocycles. The van der Waals surface area contributed by atoms with E-state index in [2.05, 4.69) is 28.1 Å². The summed E-state index contributed by atoms with van der Waals surface area (Å²) in [5.41, 5.74) is 7.45. The highest BCUT2D eigenvalue weighted by Crippen LogP contribution is 2.31. The van der Waals surface area contributed by atoms with Gasteiger partial charge < -0.3 is 15.3 Å². The number of likely N-dealkylation sites (N-methyl/N-ethyl adjacent to an activating group) is 2. The van der Waals surface area contributed by atoms with E-state index in [0.29, 0.717) is 11.7 Å². The Kier molecular flexibility index (Phi) is 5.15. The highest BCUT2D eigenvalue weighted by Gasteiger charge is 2.30. The predicted molar refractivity (Wildman–Crippen MR) is 76.9 cm³/mol. The van der Waals surface area contributed by atoms with E-state index < -0.39 is 0 Å². The number of hydrogen-bond acceptors (Lipinski definition) is 5. The Morgan fingerprint density at radius 3 is 2.95 bits per heavy atom. The summed E-state index contributed by atoms with van der Waals surface area (Å²) in [6.45, 7) is 3.94. The molecule has 0 aliphatic carbocycles. The molecule has 0 bridgehead atoms. The number of para-hydroxylation sites is 1. The van der Waals surface area contributed by atoms with E-state index in [1.54, 1.807) is 6.07 Å². The molecule has 1 fully saturated rings. The average Bonchev–Trinajstić information content (AvgIpc) is 2.85. The van der Waals surface area contributed by atoms with Gasteiger partial charge >= 0.3 is 0 Å². The van der Waals surface area contributed by atoms with Crippen molar-refractivity contribution in [2.24, 2.45) is 5.92 Å². The summed E-state index contributed by atoms with van der Waals surface area (Å²) in [5, 5.41) is 13.1. The molecule has 2 rings (SSSR count). The maximum Gasteiger partial charge on any atom is 0.120 e. The largest absolute Gasteiger partial charge is 0.508 e. The molecule has 19 heavy (non-hydrogen) atoms. The zero-order valence-corrected chi connectivity index (χ0v) is 11.7. The molecule has 2 unspecified atom stereocenters. The fourth-order valence-electron chi connectivity index (χ4n) is 2.58. The van der Waals surface area contributed by atoms with Crippen LogP contribution in [0.3, 0.4) is 0 Å². The van der Waals surface area contributed by atoms with Gasteiger partial charge in [-0.3, -0.25) is 5.43 Å². The fourth-order valence-corrected chi connectivity index (χ4v) is 2.58. The minimum Gasteiger partial charge on any atom is -0.508 e. The van der Waals surface area contributed by atoms with Crippen molar-refractivity contribution in [1.82, 2.24) is 21.1 Å². The lowest BCUT2D eigenvalue weighted by Gasteiger charge is -2.25. The van der Waals surface area contributed by atoms with Gasteiger partial charge in [-0.2, -0.15) is 0 Å². The zero-order valence-electron chi connectivity index (χ0n) is 11.7. The first-order chi connectivity index (χ1) is 9.22. The molecule has 5 nitrogen and oxygen atoms in total. The first kappa shape index (κ1) is 14.3. The van der Waals surface area contributed by atoms with Crippen molar-refractivity contribution in [3.8, 4) is 5.75 Å². The Bertz CT molecular complexity index is 399. The van der Waals surface area contributed by atoms with Crippen LogP contribution in [0, 0.1) is 5.92 Å². The number of nitrogens with zero attached hydrogens (tertiary/aromatic N) is 1. The van der Waals surface area contributed by atoms with Crippen LogP contribution in [-0.4, -0.2) is 50.3 Å². The van der Waals surface area contributed by atoms with Crippen molar-refractivity contribution in [1.29, 1.82) is 0 Å². The molecule has 1 aromatic rings. The Labute approximate surface area is 115 Å². The first-order valence-corrected chi connectivity index (χ1v) is 6.81.